The predicted octanol–water partition coefficient (Wildman–Crippen LogP) is 2.65. The van der Waals surface area contributed by atoms with Crippen molar-refractivity contribution in [1.29, 1.82) is 0 Å². The molecule has 6 heteroatoms. The second-order valence-electron chi connectivity index (χ2n) is 7.07. The van der Waals surface area contributed by atoms with Gasteiger partial charge in [0.1, 0.15) is 11.5 Å². The van der Waals surface area contributed by atoms with Gasteiger partial charge in [-0.15, -0.1) is 0 Å². The molecule has 2 heterocycles. The maximum absolute atomic E-state index is 12.3. The van der Waals surface area contributed by atoms with E-state index in [0.717, 1.165) is 36.3 Å². The Morgan fingerprint density at radius 1 is 1.00 bits per heavy atom. The van der Waals surface area contributed by atoms with Crippen LogP contribution in [-0.2, 0) is 35.7 Å². The van der Waals surface area contributed by atoms with Crippen molar-refractivity contribution < 1.29 is 17.9 Å². The zero-order valence-electron chi connectivity index (χ0n) is 15.4. The van der Waals surface area contributed by atoms with Crippen LogP contribution in [0.5, 0.6) is 11.5 Å². The maximum atomic E-state index is 12.3. The Balaban J connectivity index is 1.33. The van der Waals surface area contributed by atoms with Gasteiger partial charge < -0.3 is 9.47 Å². The standard InChI is InChI=1S/C21H25NO4S/c23-27(24,14-4-7-16-5-2-1-3-6-16)22-11-8-19-18-10-13-25-20(18)15-17-9-12-26-21(17)19/h1-3,5-6,15,22H,4,7-14H2. The fourth-order valence-corrected chi connectivity index (χ4v) is 4.95. The highest BCUT2D eigenvalue weighted by Crippen LogP contribution is 2.40. The lowest BCUT2D eigenvalue weighted by Gasteiger charge is -2.13. The van der Waals surface area contributed by atoms with E-state index in [4.69, 9.17) is 9.47 Å². The van der Waals surface area contributed by atoms with Gasteiger partial charge in [-0.05, 0) is 30.9 Å². The van der Waals surface area contributed by atoms with E-state index in [0.29, 0.717) is 32.6 Å². The summed E-state index contributed by atoms with van der Waals surface area (Å²) >= 11 is 0. The van der Waals surface area contributed by atoms with Gasteiger partial charge >= 0.3 is 0 Å². The summed E-state index contributed by atoms with van der Waals surface area (Å²) in [4.78, 5) is 0. The average Bonchev–Trinajstić information content (AvgIpc) is 3.31. The number of nitrogens with one attached hydrogen (secondary N) is 1. The lowest BCUT2D eigenvalue weighted by Crippen LogP contribution is -2.28. The summed E-state index contributed by atoms with van der Waals surface area (Å²) in [6, 6.07) is 12.1. The van der Waals surface area contributed by atoms with Crippen LogP contribution in [0.1, 0.15) is 28.7 Å². The molecular weight excluding hydrogens is 362 g/mol. The van der Waals surface area contributed by atoms with Gasteiger partial charge in [-0.1, -0.05) is 30.3 Å². The largest absolute Gasteiger partial charge is 0.493 e. The van der Waals surface area contributed by atoms with Crippen molar-refractivity contribution in [2.45, 2.75) is 32.1 Å². The van der Waals surface area contributed by atoms with Crippen LogP contribution in [0.4, 0.5) is 0 Å². The van der Waals surface area contributed by atoms with E-state index in [1.54, 1.807) is 0 Å². The minimum Gasteiger partial charge on any atom is -0.493 e. The smallest absolute Gasteiger partial charge is 0.211 e. The molecule has 1 N–H and O–H groups in total. The van der Waals surface area contributed by atoms with Crippen LogP contribution < -0.4 is 14.2 Å². The summed E-state index contributed by atoms with van der Waals surface area (Å²) in [6.07, 6.45) is 3.78. The zero-order chi connectivity index (χ0) is 18.7. The Bertz CT molecular complexity index is 877. The first kappa shape index (κ1) is 18.3. The number of rotatable bonds is 8. The molecule has 0 aliphatic carbocycles. The third-order valence-corrected chi connectivity index (χ3v) is 6.65. The molecule has 144 valence electrons. The van der Waals surface area contributed by atoms with E-state index in [-0.39, 0.29) is 5.75 Å². The first-order valence-electron chi connectivity index (χ1n) is 9.57. The van der Waals surface area contributed by atoms with Crippen LogP contribution in [-0.4, -0.2) is 33.9 Å². The van der Waals surface area contributed by atoms with E-state index in [9.17, 15) is 8.42 Å². The monoisotopic (exact) mass is 387 g/mol. The van der Waals surface area contributed by atoms with Gasteiger partial charge in [0.05, 0.1) is 19.0 Å². The van der Waals surface area contributed by atoms with E-state index in [1.165, 1.54) is 16.7 Å². The summed E-state index contributed by atoms with van der Waals surface area (Å²) in [6.45, 7) is 1.77. The second-order valence-corrected chi connectivity index (χ2v) is 9.00. The highest BCUT2D eigenvalue weighted by atomic mass is 32.2. The number of sulfonamides is 1. The van der Waals surface area contributed by atoms with Crippen molar-refractivity contribution in [2.24, 2.45) is 0 Å². The highest BCUT2D eigenvalue weighted by Gasteiger charge is 2.26. The molecule has 0 fully saturated rings. The van der Waals surface area contributed by atoms with Gasteiger partial charge in [0.15, 0.2) is 0 Å². The van der Waals surface area contributed by atoms with Crippen molar-refractivity contribution in [3.05, 3.63) is 58.7 Å². The van der Waals surface area contributed by atoms with E-state index in [2.05, 4.69) is 10.8 Å². The summed E-state index contributed by atoms with van der Waals surface area (Å²) in [5, 5.41) is 0. The van der Waals surface area contributed by atoms with E-state index >= 15 is 0 Å². The van der Waals surface area contributed by atoms with Gasteiger partial charge in [0, 0.05) is 36.1 Å². The molecule has 2 aromatic carbocycles. The Hall–Kier alpha value is -2.05. The fraction of sp³-hybridized carbons (Fsp3) is 0.429. The molecule has 5 nitrogen and oxygen atoms in total. The minimum absolute atomic E-state index is 0.145. The van der Waals surface area contributed by atoms with Crippen LogP contribution in [0.2, 0.25) is 0 Å². The number of benzene rings is 2. The van der Waals surface area contributed by atoms with Crippen molar-refractivity contribution in [2.75, 3.05) is 25.5 Å². The Morgan fingerprint density at radius 3 is 2.67 bits per heavy atom. The molecule has 2 aliphatic rings. The zero-order valence-corrected chi connectivity index (χ0v) is 16.2. The SMILES string of the molecule is O=S(=O)(CCCc1ccccc1)NCCc1c2c(cc3c1OCC3)OCC2. The lowest BCUT2D eigenvalue weighted by molar-refractivity contribution is 0.353. The number of hydrogen-bond donors (Lipinski definition) is 1. The van der Waals surface area contributed by atoms with Crippen molar-refractivity contribution in [3.8, 4) is 11.5 Å². The van der Waals surface area contributed by atoms with Crippen molar-refractivity contribution in [1.82, 2.24) is 4.72 Å². The molecule has 0 saturated heterocycles. The number of fused-ring (bicyclic) bond motifs is 2. The molecule has 0 bridgehead atoms. The topological polar surface area (TPSA) is 64.6 Å². The van der Waals surface area contributed by atoms with E-state index < -0.39 is 10.0 Å². The highest BCUT2D eigenvalue weighted by molar-refractivity contribution is 7.89. The van der Waals surface area contributed by atoms with Gasteiger partial charge in [-0.3, -0.25) is 0 Å². The van der Waals surface area contributed by atoms with Crippen LogP contribution >= 0.6 is 0 Å². The van der Waals surface area contributed by atoms with Gasteiger partial charge in [-0.25, -0.2) is 13.1 Å². The van der Waals surface area contributed by atoms with Gasteiger partial charge in [0.2, 0.25) is 10.0 Å². The molecule has 0 spiro atoms. The molecule has 0 amide bonds. The number of ether oxygens (including phenoxy) is 2. The summed E-state index contributed by atoms with van der Waals surface area (Å²) in [5.74, 6) is 2.04. The summed E-state index contributed by atoms with van der Waals surface area (Å²) < 4.78 is 38.9. The first-order chi connectivity index (χ1) is 13.1. The molecule has 0 atom stereocenters. The maximum Gasteiger partial charge on any atom is 0.211 e. The molecule has 4 rings (SSSR count). The Morgan fingerprint density at radius 2 is 1.81 bits per heavy atom. The lowest BCUT2D eigenvalue weighted by atomic mass is 9.97. The van der Waals surface area contributed by atoms with Crippen molar-refractivity contribution >= 4 is 10.0 Å². The number of aryl methyl sites for hydroxylation is 1. The first-order valence-corrected chi connectivity index (χ1v) is 11.2. The van der Waals surface area contributed by atoms with Gasteiger partial charge in [-0.2, -0.15) is 0 Å². The average molecular weight is 388 g/mol. The molecule has 0 saturated carbocycles. The molecule has 0 aromatic heterocycles. The van der Waals surface area contributed by atoms with E-state index in [1.807, 2.05) is 30.3 Å². The Kier molecular flexibility index (Phi) is 5.36. The molecule has 2 aromatic rings. The quantitative estimate of drug-likeness (QED) is 0.756. The molecular formula is C21H25NO4S. The molecule has 2 aliphatic heterocycles. The third-order valence-electron chi connectivity index (χ3n) is 5.18. The third kappa shape index (κ3) is 4.28. The van der Waals surface area contributed by atoms with Crippen LogP contribution in [0.25, 0.3) is 0 Å². The second kappa shape index (κ2) is 7.90. The van der Waals surface area contributed by atoms with Crippen LogP contribution in [0.3, 0.4) is 0 Å². The Labute approximate surface area is 160 Å². The minimum atomic E-state index is -3.27. The van der Waals surface area contributed by atoms with Crippen LogP contribution in [0.15, 0.2) is 36.4 Å². The normalized spacial score (nSPS) is 15.1. The molecule has 0 unspecified atom stereocenters. The number of hydrogen-bond acceptors (Lipinski definition) is 4. The molecule has 27 heavy (non-hydrogen) atoms. The van der Waals surface area contributed by atoms with Crippen LogP contribution in [0, 0.1) is 0 Å². The fourth-order valence-electron chi connectivity index (χ4n) is 3.86. The summed E-state index contributed by atoms with van der Waals surface area (Å²) in [7, 11) is -3.27. The summed E-state index contributed by atoms with van der Waals surface area (Å²) in [5.41, 5.74) is 4.64. The van der Waals surface area contributed by atoms with Crippen molar-refractivity contribution in [3.63, 3.8) is 0 Å². The molecule has 0 radical (unpaired) electrons. The van der Waals surface area contributed by atoms with Gasteiger partial charge in [0.25, 0.3) is 0 Å². The predicted molar refractivity (Wildman–Crippen MR) is 105 cm³/mol.